The number of carbonyl (C=O) groups is 3. The fourth-order valence-corrected chi connectivity index (χ4v) is 3.96. The number of hydrogen-bond donors (Lipinski definition) is 4. The molecule has 1 heterocycles. The standard InChI is InChI=1S/C23H20Cl2N4O5/c1-11-5-3-6-12(2)17(11)20(30)28-19-13(10-26-23(34)29-19)9-16(22(32)33)27-21(31)18-14(24)7-4-8-15(18)25/h3-8,10,16H,9H2,1-2H3,(H,27,31)(H,32,33)(H2,26,28,29,30,34). The summed E-state index contributed by atoms with van der Waals surface area (Å²) >= 11 is 12.1. The number of carboxylic acid groups (broad SMARTS) is 1. The van der Waals surface area contributed by atoms with Gasteiger partial charge in [0.15, 0.2) is 0 Å². The number of carbonyl (C=O) groups excluding carboxylic acids is 2. The van der Waals surface area contributed by atoms with Crippen LogP contribution < -0.4 is 16.3 Å². The molecule has 0 aliphatic rings. The highest BCUT2D eigenvalue weighted by atomic mass is 35.5. The summed E-state index contributed by atoms with van der Waals surface area (Å²) in [4.78, 5) is 55.4. The number of nitrogens with zero attached hydrogens (tertiary/aromatic N) is 1. The zero-order valence-corrected chi connectivity index (χ0v) is 19.6. The highest BCUT2D eigenvalue weighted by molar-refractivity contribution is 6.39. The van der Waals surface area contributed by atoms with Gasteiger partial charge in [0, 0.05) is 23.7 Å². The topological polar surface area (TPSA) is 141 Å². The van der Waals surface area contributed by atoms with Gasteiger partial charge in [-0.3, -0.25) is 9.59 Å². The maximum atomic E-state index is 12.9. The number of halogens is 2. The van der Waals surface area contributed by atoms with Crippen molar-refractivity contribution in [2.45, 2.75) is 26.3 Å². The van der Waals surface area contributed by atoms with Crippen LogP contribution in [0.3, 0.4) is 0 Å². The molecule has 2 aromatic carbocycles. The number of aromatic nitrogens is 2. The van der Waals surface area contributed by atoms with Crippen molar-refractivity contribution in [3.05, 3.63) is 90.9 Å². The Labute approximate surface area is 204 Å². The second kappa shape index (κ2) is 10.5. The highest BCUT2D eigenvalue weighted by Crippen LogP contribution is 2.24. The number of nitrogens with one attached hydrogen (secondary N) is 3. The molecule has 1 unspecified atom stereocenters. The number of aryl methyl sites for hydroxylation is 2. The summed E-state index contributed by atoms with van der Waals surface area (Å²) in [6, 6.07) is 8.35. The van der Waals surface area contributed by atoms with Gasteiger partial charge in [0.2, 0.25) is 0 Å². The molecule has 1 atom stereocenters. The van der Waals surface area contributed by atoms with E-state index in [0.717, 1.165) is 11.1 Å². The summed E-state index contributed by atoms with van der Waals surface area (Å²) in [6.45, 7) is 3.54. The molecule has 3 aromatic rings. The number of H-pyrrole nitrogens is 1. The Morgan fingerprint density at radius 1 is 1.00 bits per heavy atom. The zero-order chi connectivity index (χ0) is 25.0. The second-order valence-electron chi connectivity index (χ2n) is 7.47. The van der Waals surface area contributed by atoms with Crippen molar-refractivity contribution >= 4 is 46.8 Å². The Balaban J connectivity index is 1.89. The number of hydrogen-bond acceptors (Lipinski definition) is 5. The Morgan fingerprint density at radius 2 is 1.59 bits per heavy atom. The summed E-state index contributed by atoms with van der Waals surface area (Å²) in [5, 5.41) is 14.7. The van der Waals surface area contributed by atoms with Crippen LogP contribution in [0.2, 0.25) is 10.0 Å². The van der Waals surface area contributed by atoms with Crippen molar-refractivity contribution in [2.24, 2.45) is 0 Å². The number of aliphatic carboxylic acids is 1. The molecule has 176 valence electrons. The minimum absolute atomic E-state index is 0.0569. The lowest BCUT2D eigenvalue weighted by atomic mass is 10.0. The number of aromatic amines is 1. The molecular formula is C23H20Cl2N4O5. The van der Waals surface area contributed by atoms with E-state index in [4.69, 9.17) is 23.2 Å². The molecule has 0 aliphatic carbocycles. The molecule has 0 radical (unpaired) electrons. The maximum absolute atomic E-state index is 12.9. The Bertz CT molecular complexity index is 1300. The first-order valence-electron chi connectivity index (χ1n) is 10.0. The van der Waals surface area contributed by atoms with Gasteiger partial charge in [-0.15, -0.1) is 0 Å². The quantitative estimate of drug-likeness (QED) is 0.390. The summed E-state index contributed by atoms with van der Waals surface area (Å²) < 4.78 is 0. The third-order valence-corrected chi connectivity index (χ3v) is 5.67. The molecule has 0 fully saturated rings. The van der Waals surface area contributed by atoms with Crippen LogP contribution in [0, 0.1) is 13.8 Å². The van der Waals surface area contributed by atoms with E-state index in [9.17, 15) is 24.3 Å². The van der Waals surface area contributed by atoms with E-state index in [1.807, 2.05) is 6.07 Å². The minimum atomic E-state index is -1.44. The predicted molar refractivity (Wildman–Crippen MR) is 128 cm³/mol. The molecule has 9 nitrogen and oxygen atoms in total. The van der Waals surface area contributed by atoms with Crippen LogP contribution in [0.25, 0.3) is 0 Å². The van der Waals surface area contributed by atoms with Gasteiger partial charge in [-0.25, -0.2) is 9.59 Å². The van der Waals surface area contributed by atoms with Gasteiger partial charge < -0.3 is 20.7 Å². The van der Waals surface area contributed by atoms with Crippen LogP contribution >= 0.6 is 23.2 Å². The number of amides is 2. The van der Waals surface area contributed by atoms with Gasteiger partial charge in [-0.1, -0.05) is 47.5 Å². The van der Waals surface area contributed by atoms with Crippen LogP contribution in [0.1, 0.15) is 37.4 Å². The number of anilines is 1. The molecule has 0 bridgehead atoms. The summed E-state index contributed by atoms with van der Waals surface area (Å²) in [6.07, 6.45) is 0.940. The fraction of sp³-hybridized carbons (Fsp3) is 0.174. The number of carboxylic acids is 1. The molecule has 34 heavy (non-hydrogen) atoms. The fourth-order valence-electron chi connectivity index (χ4n) is 3.39. The number of benzene rings is 2. The monoisotopic (exact) mass is 502 g/mol. The molecule has 0 aliphatic heterocycles. The van der Waals surface area contributed by atoms with Crippen molar-refractivity contribution in [3.8, 4) is 0 Å². The first kappa shape index (κ1) is 24.9. The molecule has 1 aromatic heterocycles. The zero-order valence-electron chi connectivity index (χ0n) is 18.1. The second-order valence-corrected chi connectivity index (χ2v) is 8.28. The van der Waals surface area contributed by atoms with Crippen molar-refractivity contribution in [1.29, 1.82) is 0 Å². The normalized spacial score (nSPS) is 11.5. The Morgan fingerprint density at radius 3 is 2.18 bits per heavy atom. The van der Waals surface area contributed by atoms with Gasteiger partial charge in [0.25, 0.3) is 11.8 Å². The van der Waals surface area contributed by atoms with Crippen LogP contribution in [-0.4, -0.2) is 38.9 Å². The van der Waals surface area contributed by atoms with Crippen molar-refractivity contribution in [2.75, 3.05) is 5.32 Å². The molecule has 3 rings (SSSR count). The Kier molecular flexibility index (Phi) is 7.70. The van der Waals surface area contributed by atoms with Crippen molar-refractivity contribution in [3.63, 3.8) is 0 Å². The van der Waals surface area contributed by atoms with E-state index in [1.165, 1.54) is 18.3 Å². The van der Waals surface area contributed by atoms with E-state index in [2.05, 4.69) is 20.6 Å². The SMILES string of the molecule is Cc1cccc(C)c1C(=O)Nc1nc(=O)[nH]cc1CC(NC(=O)c1c(Cl)cccc1Cl)C(=O)O. The third kappa shape index (κ3) is 5.62. The first-order chi connectivity index (χ1) is 16.1. The highest BCUT2D eigenvalue weighted by Gasteiger charge is 2.26. The van der Waals surface area contributed by atoms with Crippen LogP contribution in [0.4, 0.5) is 5.82 Å². The van der Waals surface area contributed by atoms with Crippen LogP contribution in [0.15, 0.2) is 47.4 Å². The van der Waals surface area contributed by atoms with Gasteiger partial charge in [-0.2, -0.15) is 4.98 Å². The third-order valence-electron chi connectivity index (χ3n) is 5.04. The maximum Gasteiger partial charge on any atom is 0.346 e. The van der Waals surface area contributed by atoms with Gasteiger partial charge in [-0.05, 0) is 37.1 Å². The van der Waals surface area contributed by atoms with Crippen molar-refractivity contribution in [1.82, 2.24) is 15.3 Å². The predicted octanol–water partition coefficient (Wildman–Crippen LogP) is 3.37. The first-order valence-corrected chi connectivity index (χ1v) is 10.8. The smallest absolute Gasteiger partial charge is 0.346 e. The molecule has 11 heteroatoms. The summed E-state index contributed by atoms with van der Waals surface area (Å²) in [5.41, 5.74) is 1.23. The number of rotatable bonds is 7. The lowest BCUT2D eigenvalue weighted by Gasteiger charge is -2.17. The van der Waals surface area contributed by atoms with Crippen LogP contribution in [-0.2, 0) is 11.2 Å². The minimum Gasteiger partial charge on any atom is -0.480 e. The van der Waals surface area contributed by atoms with E-state index < -0.39 is 29.5 Å². The van der Waals surface area contributed by atoms with Gasteiger partial charge in [0.05, 0.1) is 15.6 Å². The lowest BCUT2D eigenvalue weighted by Crippen LogP contribution is -2.43. The molecule has 4 N–H and O–H groups in total. The van der Waals surface area contributed by atoms with E-state index >= 15 is 0 Å². The van der Waals surface area contributed by atoms with Crippen molar-refractivity contribution < 1.29 is 19.5 Å². The average Bonchev–Trinajstić information content (AvgIpc) is 2.74. The molecule has 0 saturated heterocycles. The molecule has 2 amide bonds. The van der Waals surface area contributed by atoms with E-state index in [0.29, 0.717) is 5.56 Å². The van der Waals surface area contributed by atoms with E-state index in [1.54, 1.807) is 32.0 Å². The van der Waals surface area contributed by atoms with Gasteiger partial charge in [0.1, 0.15) is 11.9 Å². The molecular weight excluding hydrogens is 483 g/mol. The summed E-state index contributed by atoms with van der Waals surface area (Å²) in [5.74, 6) is -2.77. The van der Waals surface area contributed by atoms with Gasteiger partial charge >= 0.3 is 11.7 Å². The molecule has 0 saturated carbocycles. The molecule has 0 spiro atoms. The summed E-state index contributed by atoms with van der Waals surface area (Å²) in [7, 11) is 0. The average molecular weight is 503 g/mol. The Hall–Kier alpha value is -3.69. The van der Waals surface area contributed by atoms with Crippen LogP contribution in [0.5, 0.6) is 0 Å². The largest absolute Gasteiger partial charge is 0.480 e. The van der Waals surface area contributed by atoms with E-state index in [-0.39, 0.29) is 33.4 Å². The lowest BCUT2D eigenvalue weighted by molar-refractivity contribution is -0.139.